The molecule has 0 bridgehead atoms. The third-order valence-corrected chi connectivity index (χ3v) is 5.58. The fourth-order valence-corrected chi connectivity index (χ4v) is 4.12. The molecule has 3 aromatic carbocycles. The maximum Gasteiger partial charge on any atom is 0.381 e. The maximum atomic E-state index is 9.17. The van der Waals surface area contributed by atoms with Crippen LogP contribution in [0.5, 0.6) is 0 Å². The summed E-state index contributed by atoms with van der Waals surface area (Å²) in [7, 11) is 2.00. The van der Waals surface area contributed by atoms with Gasteiger partial charge >= 0.3 is 5.89 Å². The molecule has 0 amide bonds. The molecule has 0 aliphatic heterocycles. The van der Waals surface area contributed by atoms with Crippen LogP contribution < -0.4 is 4.57 Å². The molecule has 138 valence electrons. The van der Waals surface area contributed by atoms with Gasteiger partial charge in [-0.1, -0.05) is 18.2 Å². The standard InChI is InChI=1S/C24H15N2O3/c1-13-5-3-4-6-15(13)23-26(2)17-9-10-18-21(22(17)29-23)20-16-8-7-14(12-25)11-19(16)28-24(20)27-18/h3-11H,1-2H3/q+1. The summed E-state index contributed by atoms with van der Waals surface area (Å²) in [5.41, 5.74) is 5.82. The van der Waals surface area contributed by atoms with Gasteiger partial charge < -0.3 is 13.3 Å². The molecule has 5 heteroatoms. The molecule has 0 aliphatic rings. The number of furan rings is 2. The van der Waals surface area contributed by atoms with Crippen molar-refractivity contribution in [1.29, 1.82) is 5.26 Å². The van der Waals surface area contributed by atoms with Crippen molar-refractivity contribution in [3.05, 3.63) is 65.7 Å². The molecule has 0 spiro atoms. The van der Waals surface area contributed by atoms with Crippen LogP contribution in [-0.4, -0.2) is 0 Å². The Balaban J connectivity index is 1.76. The van der Waals surface area contributed by atoms with Crippen LogP contribution in [0.2, 0.25) is 0 Å². The molecule has 0 saturated carbocycles. The molecule has 3 aromatic heterocycles. The van der Waals surface area contributed by atoms with Crippen molar-refractivity contribution in [3.63, 3.8) is 0 Å². The van der Waals surface area contributed by atoms with Crippen molar-refractivity contribution >= 4 is 44.2 Å². The zero-order valence-electron chi connectivity index (χ0n) is 15.8. The SMILES string of the molecule is Cc1ccccc1-c1oc2c3c(ccc2[n+]1C)oc1oc2cc(C#N)ccc2c13. The van der Waals surface area contributed by atoms with Gasteiger partial charge in [-0.3, -0.25) is 0 Å². The predicted octanol–water partition coefficient (Wildman–Crippen LogP) is 5.75. The molecule has 0 atom stereocenters. The number of aromatic nitrogens is 1. The first kappa shape index (κ1) is 16.0. The lowest BCUT2D eigenvalue weighted by molar-refractivity contribution is -0.637. The van der Waals surface area contributed by atoms with Gasteiger partial charge in [-0.25, -0.2) is 0 Å². The van der Waals surface area contributed by atoms with Crippen LogP contribution in [0.25, 0.3) is 55.7 Å². The average molecular weight is 379 g/mol. The first-order chi connectivity index (χ1) is 14.2. The molecule has 0 unspecified atom stereocenters. The van der Waals surface area contributed by atoms with Crippen LogP contribution >= 0.6 is 0 Å². The molecule has 3 heterocycles. The summed E-state index contributed by atoms with van der Waals surface area (Å²) >= 11 is 0. The minimum Gasteiger partial charge on any atom is -0.425 e. The van der Waals surface area contributed by atoms with Gasteiger partial charge in [0.1, 0.15) is 18.2 Å². The Morgan fingerprint density at radius 3 is 2.55 bits per heavy atom. The Morgan fingerprint density at radius 2 is 1.72 bits per heavy atom. The molecule has 0 N–H and O–H groups in total. The Kier molecular flexibility index (Phi) is 3.02. The minimum atomic E-state index is 0.439. The fraction of sp³-hybridized carbons (Fsp3) is 0.0833. The summed E-state index contributed by atoms with van der Waals surface area (Å²) in [4.78, 5) is 0. The van der Waals surface area contributed by atoms with E-state index in [4.69, 9.17) is 18.5 Å². The van der Waals surface area contributed by atoms with Gasteiger partial charge in [0, 0.05) is 11.5 Å². The first-order valence-corrected chi connectivity index (χ1v) is 9.32. The van der Waals surface area contributed by atoms with E-state index in [1.54, 1.807) is 12.1 Å². The van der Waals surface area contributed by atoms with Gasteiger partial charge in [-0.15, -0.1) is 0 Å². The number of hydrogen-bond donors (Lipinski definition) is 0. The average Bonchev–Trinajstić information content (AvgIpc) is 3.37. The monoisotopic (exact) mass is 379 g/mol. The van der Waals surface area contributed by atoms with E-state index in [-0.39, 0.29) is 0 Å². The second-order valence-corrected chi connectivity index (χ2v) is 7.26. The van der Waals surface area contributed by atoms with E-state index in [0.717, 1.165) is 44.3 Å². The van der Waals surface area contributed by atoms with Gasteiger partial charge in [0.2, 0.25) is 5.58 Å². The van der Waals surface area contributed by atoms with Crippen LogP contribution in [0, 0.1) is 18.3 Å². The van der Waals surface area contributed by atoms with Crippen molar-refractivity contribution in [2.24, 2.45) is 7.05 Å². The van der Waals surface area contributed by atoms with E-state index in [1.807, 2.05) is 37.4 Å². The number of nitriles is 1. The largest absolute Gasteiger partial charge is 0.425 e. The zero-order chi connectivity index (χ0) is 19.7. The molecule has 29 heavy (non-hydrogen) atoms. The number of aryl methyl sites for hydroxylation is 2. The number of nitrogens with zero attached hydrogens (tertiary/aromatic N) is 2. The summed E-state index contributed by atoms with van der Waals surface area (Å²) in [5, 5.41) is 11.8. The highest BCUT2D eigenvalue weighted by atomic mass is 16.5. The zero-order valence-corrected chi connectivity index (χ0v) is 15.8. The molecule has 6 rings (SSSR count). The smallest absolute Gasteiger partial charge is 0.381 e. The lowest BCUT2D eigenvalue weighted by Crippen LogP contribution is -2.28. The molecule has 0 fully saturated rings. The first-order valence-electron chi connectivity index (χ1n) is 9.32. The number of benzene rings is 3. The van der Waals surface area contributed by atoms with E-state index in [2.05, 4.69) is 29.7 Å². The summed E-state index contributed by atoms with van der Waals surface area (Å²) in [6, 6.07) is 19.7. The number of oxazole rings is 1. The van der Waals surface area contributed by atoms with E-state index >= 15 is 0 Å². The fourth-order valence-electron chi connectivity index (χ4n) is 4.12. The van der Waals surface area contributed by atoms with Crippen LogP contribution in [0.1, 0.15) is 11.1 Å². The lowest BCUT2D eigenvalue weighted by Gasteiger charge is -1.97. The summed E-state index contributed by atoms with van der Waals surface area (Å²) < 4.78 is 20.4. The van der Waals surface area contributed by atoms with E-state index in [9.17, 15) is 0 Å². The highest BCUT2D eigenvalue weighted by molar-refractivity contribution is 6.23. The molecule has 6 aromatic rings. The third-order valence-electron chi connectivity index (χ3n) is 5.58. The van der Waals surface area contributed by atoms with E-state index in [0.29, 0.717) is 22.5 Å². The van der Waals surface area contributed by atoms with Crippen molar-refractivity contribution in [2.75, 3.05) is 0 Å². The Labute approximate surface area is 165 Å². The van der Waals surface area contributed by atoms with Crippen molar-refractivity contribution in [2.45, 2.75) is 6.92 Å². The highest BCUT2D eigenvalue weighted by Gasteiger charge is 2.27. The second kappa shape index (κ2) is 5.49. The van der Waals surface area contributed by atoms with Gasteiger partial charge in [0.05, 0.1) is 28.0 Å². The Morgan fingerprint density at radius 1 is 0.897 bits per heavy atom. The predicted molar refractivity (Wildman–Crippen MR) is 109 cm³/mol. The maximum absolute atomic E-state index is 9.17. The molecule has 5 nitrogen and oxygen atoms in total. The highest BCUT2D eigenvalue weighted by Crippen LogP contribution is 2.41. The van der Waals surface area contributed by atoms with Gasteiger partial charge in [-0.05, 0) is 42.8 Å². The van der Waals surface area contributed by atoms with Crippen LogP contribution in [0.3, 0.4) is 0 Å². The van der Waals surface area contributed by atoms with Crippen molar-refractivity contribution in [3.8, 4) is 17.5 Å². The van der Waals surface area contributed by atoms with Crippen molar-refractivity contribution < 1.29 is 17.8 Å². The third kappa shape index (κ3) is 2.06. The molecule has 0 radical (unpaired) electrons. The molecular formula is C24H15N2O3+. The molecular weight excluding hydrogens is 364 g/mol. The number of hydrogen-bond acceptors (Lipinski definition) is 4. The molecule has 0 saturated heterocycles. The van der Waals surface area contributed by atoms with Gasteiger partial charge in [-0.2, -0.15) is 9.83 Å². The molecule has 0 aliphatic carbocycles. The van der Waals surface area contributed by atoms with Crippen LogP contribution in [0.15, 0.2) is 67.8 Å². The Hall–Kier alpha value is -4.04. The van der Waals surface area contributed by atoms with Crippen LogP contribution in [-0.2, 0) is 7.05 Å². The summed E-state index contributed by atoms with van der Waals surface area (Å²) in [6.45, 7) is 2.07. The second-order valence-electron chi connectivity index (χ2n) is 7.26. The normalized spacial score (nSPS) is 11.8. The number of fused-ring (bicyclic) bond motifs is 7. The van der Waals surface area contributed by atoms with Crippen molar-refractivity contribution in [1.82, 2.24) is 0 Å². The van der Waals surface area contributed by atoms with Gasteiger partial charge in [0.15, 0.2) is 0 Å². The lowest BCUT2D eigenvalue weighted by atomic mass is 10.1. The minimum absolute atomic E-state index is 0.439. The van der Waals surface area contributed by atoms with Gasteiger partial charge in [0.25, 0.3) is 11.3 Å². The number of rotatable bonds is 1. The Bertz CT molecular complexity index is 1640. The topological polar surface area (TPSA) is 67.1 Å². The van der Waals surface area contributed by atoms with E-state index in [1.165, 1.54) is 0 Å². The van der Waals surface area contributed by atoms with E-state index < -0.39 is 0 Å². The quantitative estimate of drug-likeness (QED) is 0.341. The summed E-state index contributed by atoms with van der Waals surface area (Å²) in [6.07, 6.45) is 0. The van der Waals surface area contributed by atoms with Crippen LogP contribution in [0.4, 0.5) is 0 Å². The summed E-state index contributed by atoms with van der Waals surface area (Å²) in [5.74, 6) is 1.23.